The molecule has 10 heteroatoms. The fourth-order valence-corrected chi connectivity index (χ4v) is 5.84. The molecule has 178 valence electrons. The average molecular weight is 469 g/mol. The SMILES string of the molecule is N#C[C@H](CC1CCNC1=O)NC(=O)[C@@H]1[C@H]2CCC[C@H]2CN1C(=O)c1cc2c(F)cc(F)cc2[nH]1. The molecule has 1 saturated carbocycles. The molecular weight excluding hydrogens is 444 g/mol. The molecule has 3 fully saturated rings. The smallest absolute Gasteiger partial charge is 0.271 e. The van der Waals surface area contributed by atoms with Gasteiger partial charge in [-0.3, -0.25) is 14.4 Å². The molecule has 3 N–H and O–H groups in total. The van der Waals surface area contributed by atoms with Gasteiger partial charge in [0.2, 0.25) is 11.8 Å². The van der Waals surface area contributed by atoms with Crippen LogP contribution in [0.2, 0.25) is 0 Å². The molecule has 3 amide bonds. The number of fused-ring (bicyclic) bond motifs is 2. The Kier molecular flexibility index (Phi) is 5.71. The van der Waals surface area contributed by atoms with Crippen molar-refractivity contribution in [2.24, 2.45) is 17.8 Å². The number of amides is 3. The summed E-state index contributed by atoms with van der Waals surface area (Å²) in [5, 5.41) is 15.2. The van der Waals surface area contributed by atoms with E-state index in [9.17, 15) is 28.4 Å². The first-order valence-electron chi connectivity index (χ1n) is 11.6. The van der Waals surface area contributed by atoms with Crippen molar-refractivity contribution in [2.45, 2.75) is 44.2 Å². The van der Waals surface area contributed by atoms with Gasteiger partial charge in [-0.05, 0) is 49.7 Å². The Hall–Kier alpha value is -3.48. The number of nitriles is 1. The first-order valence-corrected chi connectivity index (χ1v) is 11.6. The number of H-pyrrole nitrogens is 1. The summed E-state index contributed by atoms with van der Waals surface area (Å²) < 4.78 is 27.8. The van der Waals surface area contributed by atoms with Gasteiger partial charge >= 0.3 is 0 Å². The Bertz CT molecular complexity index is 1210. The lowest BCUT2D eigenvalue weighted by molar-refractivity contribution is -0.127. The summed E-state index contributed by atoms with van der Waals surface area (Å²) in [6.07, 6.45) is 3.48. The zero-order chi connectivity index (χ0) is 24.0. The number of aromatic nitrogens is 1. The van der Waals surface area contributed by atoms with E-state index in [0.717, 1.165) is 31.4 Å². The van der Waals surface area contributed by atoms with Crippen molar-refractivity contribution in [2.75, 3.05) is 13.1 Å². The Balaban J connectivity index is 1.38. The lowest BCUT2D eigenvalue weighted by Gasteiger charge is -2.28. The third-order valence-electron chi connectivity index (χ3n) is 7.46. The monoisotopic (exact) mass is 469 g/mol. The fraction of sp³-hybridized carbons (Fsp3) is 0.500. The molecule has 5 rings (SSSR count). The molecule has 0 bridgehead atoms. The van der Waals surface area contributed by atoms with Gasteiger partial charge in [0.1, 0.15) is 29.4 Å². The zero-order valence-corrected chi connectivity index (χ0v) is 18.4. The summed E-state index contributed by atoms with van der Waals surface area (Å²) in [6.45, 7) is 0.940. The number of nitrogens with zero attached hydrogens (tertiary/aromatic N) is 2. The standard InChI is InChI=1S/C24H25F2N5O3/c25-14-7-18(26)17-9-20(30-19(17)8-14)24(34)31-11-13-2-1-3-16(13)21(31)23(33)29-15(10-27)6-12-4-5-28-22(12)32/h7-9,12-13,15-16,21,30H,1-6,11H2,(H,28,32)(H,29,33)/t12?,13-,15-,16-,21-/m0/s1. The van der Waals surface area contributed by atoms with Crippen molar-refractivity contribution in [3.05, 3.63) is 35.5 Å². The number of hydrogen-bond donors (Lipinski definition) is 3. The van der Waals surface area contributed by atoms with E-state index in [0.29, 0.717) is 19.5 Å². The van der Waals surface area contributed by atoms with E-state index in [-0.39, 0.29) is 46.7 Å². The molecule has 1 aliphatic carbocycles. The van der Waals surface area contributed by atoms with Crippen LogP contribution in [0.15, 0.2) is 18.2 Å². The van der Waals surface area contributed by atoms with Gasteiger partial charge in [0.25, 0.3) is 5.91 Å². The van der Waals surface area contributed by atoms with Crippen molar-refractivity contribution in [3.8, 4) is 6.07 Å². The highest BCUT2D eigenvalue weighted by Crippen LogP contribution is 2.43. The Morgan fingerprint density at radius 3 is 2.79 bits per heavy atom. The molecule has 0 radical (unpaired) electrons. The lowest BCUT2D eigenvalue weighted by atomic mass is 9.92. The van der Waals surface area contributed by atoms with E-state index in [2.05, 4.69) is 21.7 Å². The molecule has 1 aromatic heterocycles. The van der Waals surface area contributed by atoms with Gasteiger partial charge in [-0.15, -0.1) is 0 Å². The van der Waals surface area contributed by atoms with Crippen LogP contribution in [0.4, 0.5) is 8.78 Å². The minimum atomic E-state index is -0.844. The van der Waals surface area contributed by atoms with Crippen molar-refractivity contribution < 1.29 is 23.2 Å². The molecule has 3 heterocycles. The highest BCUT2D eigenvalue weighted by molar-refractivity contribution is 6.01. The van der Waals surface area contributed by atoms with Gasteiger partial charge in [-0.25, -0.2) is 8.78 Å². The quantitative estimate of drug-likeness (QED) is 0.622. The van der Waals surface area contributed by atoms with Gasteiger partial charge in [0.15, 0.2) is 0 Å². The van der Waals surface area contributed by atoms with Crippen LogP contribution in [0.25, 0.3) is 10.9 Å². The molecule has 1 aromatic carbocycles. The largest absolute Gasteiger partial charge is 0.356 e. The topological polar surface area (TPSA) is 118 Å². The maximum absolute atomic E-state index is 14.2. The number of hydrogen-bond acceptors (Lipinski definition) is 4. The summed E-state index contributed by atoms with van der Waals surface area (Å²) in [4.78, 5) is 42.9. The van der Waals surface area contributed by atoms with Crippen LogP contribution in [0.3, 0.4) is 0 Å². The highest BCUT2D eigenvalue weighted by Gasteiger charge is 2.50. The van der Waals surface area contributed by atoms with Gasteiger partial charge in [0, 0.05) is 30.5 Å². The fourth-order valence-electron chi connectivity index (χ4n) is 5.84. The molecule has 3 aliphatic rings. The van der Waals surface area contributed by atoms with E-state index in [1.165, 1.54) is 11.0 Å². The van der Waals surface area contributed by atoms with Crippen LogP contribution in [-0.4, -0.2) is 52.8 Å². The van der Waals surface area contributed by atoms with Crippen molar-refractivity contribution in [1.29, 1.82) is 5.26 Å². The normalized spacial score (nSPS) is 26.9. The summed E-state index contributed by atoms with van der Waals surface area (Å²) in [7, 11) is 0. The number of carbonyl (C=O) groups excluding carboxylic acids is 3. The van der Waals surface area contributed by atoms with Crippen molar-refractivity contribution >= 4 is 28.6 Å². The molecule has 34 heavy (non-hydrogen) atoms. The number of aromatic amines is 1. The number of benzene rings is 1. The maximum Gasteiger partial charge on any atom is 0.271 e. The Labute approximate surface area is 194 Å². The second-order valence-corrected chi connectivity index (χ2v) is 9.49. The molecule has 0 spiro atoms. The van der Waals surface area contributed by atoms with E-state index in [1.54, 1.807) is 0 Å². The number of halogens is 2. The minimum absolute atomic E-state index is 0.0309. The molecule has 8 nitrogen and oxygen atoms in total. The molecule has 2 aliphatic heterocycles. The second-order valence-electron chi connectivity index (χ2n) is 9.49. The van der Waals surface area contributed by atoms with Crippen molar-refractivity contribution in [3.63, 3.8) is 0 Å². The predicted octanol–water partition coefficient (Wildman–Crippen LogP) is 2.22. The highest BCUT2D eigenvalue weighted by atomic mass is 19.1. The van der Waals surface area contributed by atoms with Gasteiger partial charge in [-0.2, -0.15) is 5.26 Å². The van der Waals surface area contributed by atoms with Crippen LogP contribution < -0.4 is 10.6 Å². The number of rotatable bonds is 5. The van der Waals surface area contributed by atoms with E-state index in [4.69, 9.17) is 0 Å². The van der Waals surface area contributed by atoms with Gasteiger partial charge in [0.05, 0.1) is 11.6 Å². The van der Waals surface area contributed by atoms with Gasteiger partial charge < -0.3 is 20.5 Å². The average Bonchev–Trinajstić information content (AvgIpc) is 3.56. The molecule has 2 saturated heterocycles. The predicted molar refractivity (Wildman–Crippen MR) is 117 cm³/mol. The van der Waals surface area contributed by atoms with E-state index < -0.39 is 35.5 Å². The van der Waals surface area contributed by atoms with Gasteiger partial charge in [-0.1, -0.05) is 6.42 Å². The van der Waals surface area contributed by atoms with Crippen LogP contribution in [0.5, 0.6) is 0 Å². The molecule has 5 atom stereocenters. The summed E-state index contributed by atoms with van der Waals surface area (Å²) in [6, 6.07) is 3.68. The third kappa shape index (κ3) is 3.89. The molecule has 1 unspecified atom stereocenters. The lowest BCUT2D eigenvalue weighted by Crippen LogP contribution is -2.51. The van der Waals surface area contributed by atoms with Crippen LogP contribution in [0.1, 0.15) is 42.6 Å². The summed E-state index contributed by atoms with van der Waals surface area (Å²) in [5.74, 6) is -2.72. The van der Waals surface area contributed by atoms with E-state index >= 15 is 0 Å². The summed E-state index contributed by atoms with van der Waals surface area (Å²) in [5.41, 5.74) is 0.248. The second kappa shape index (κ2) is 8.70. The Morgan fingerprint density at radius 1 is 1.24 bits per heavy atom. The summed E-state index contributed by atoms with van der Waals surface area (Å²) >= 11 is 0. The first kappa shape index (κ1) is 22.3. The Morgan fingerprint density at radius 2 is 2.06 bits per heavy atom. The van der Waals surface area contributed by atoms with E-state index in [1.807, 2.05) is 0 Å². The van der Waals surface area contributed by atoms with Crippen LogP contribution in [0, 0.1) is 40.7 Å². The zero-order valence-electron chi connectivity index (χ0n) is 18.4. The molecule has 2 aromatic rings. The third-order valence-corrected chi connectivity index (χ3v) is 7.46. The first-order chi connectivity index (χ1) is 16.4. The number of nitrogens with one attached hydrogen (secondary N) is 3. The van der Waals surface area contributed by atoms with Crippen LogP contribution >= 0.6 is 0 Å². The number of likely N-dealkylation sites (tertiary alicyclic amines) is 1. The molecular formula is C24H25F2N5O3. The van der Waals surface area contributed by atoms with Crippen LogP contribution in [-0.2, 0) is 9.59 Å². The van der Waals surface area contributed by atoms with Crippen molar-refractivity contribution in [1.82, 2.24) is 20.5 Å². The maximum atomic E-state index is 14.2. The minimum Gasteiger partial charge on any atom is -0.356 e. The number of carbonyl (C=O) groups is 3.